The minimum Gasteiger partial charge on any atom is -0.457 e. The second-order valence-electron chi connectivity index (χ2n) is 8.19. The Hall–Kier alpha value is -3.41. The molecule has 1 atom stereocenters. The van der Waals surface area contributed by atoms with Crippen LogP contribution in [0.25, 0.3) is 22.3 Å². The van der Waals surface area contributed by atoms with Crippen LogP contribution in [0.1, 0.15) is 5.82 Å². The third kappa shape index (κ3) is 4.91. The summed E-state index contributed by atoms with van der Waals surface area (Å²) in [4.78, 5) is 10.9. The molecule has 2 aromatic carbocycles. The number of halogens is 3. The van der Waals surface area contributed by atoms with Crippen LogP contribution >= 0.6 is 0 Å². The number of aromatic amines is 2. The molecule has 1 saturated heterocycles. The minimum atomic E-state index is -4.64. The number of imidazole rings is 1. The number of benzene rings is 2. The maximum Gasteiger partial charge on any atom is 0.428 e. The monoisotopic (exact) mass is 472 g/mol. The highest BCUT2D eigenvalue weighted by molar-refractivity contribution is 5.77. The van der Waals surface area contributed by atoms with Crippen LogP contribution in [0, 0.1) is 0 Å². The van der Waals surface area contributed by atoms with E-state index in [0.29, 0.717) is 31.1 Å². The molecule has 11 heteroatoms. The molecule has 8 nitrogen and oxygen atoms in total. The van der Waals surface area contributed by atoms with E-state index in [1.165, 1.54) is 0 Å². The molecule has 178 valence electrons. The fraction of sp³-hybridized carbons (Fsp3) is 0.304. The Balaban J connectivity index is 1.20. The highest BCUT2D eigenvalue weighted by Crippen LogP contribution is 2.28. The van der Waals surface area contributed by atoms with Gasteiger partial charge in [0.15, 0.2) is 0 Å². The molecule has 1 aliphatic heterocycles. The highest BCUT2D eigenvalue weighted by Gasteiger charge is 2.43. The van der Waals surface area contributed by atoms with E-state index < -0.39 is 12.4 Å². The smallest absolute Gasteiger partial charge is 0.428 e. The van der Waals surface area contributed by atoms with Crippen molar-refractivity contribution < 1.29 is 23.0 Å². The molecule has 3 N–H and O–H groups in total. The summed E-state index contributed by atoms with van der Waals surface area (Å²) in [7, 11) is 0. The molecule has 0 bridgehead atoms. The number of piperazine rings is 1. The van der Waals surface area contributed by atoms with Crippen LogP contribution in [0.2, 0.25) is 0 Å². The second-order valence-corrected chi connectivity index (χ2v) is 8.19. The van der Waals surface area contributed by atoms with E-state index in [0.717, 1.165) is 33.0 Å². The Morgan fingerprint density at radius 2 is 1.74 bits per heavy atom. The first-order valence-corrected chi connectivity index (χ1v) is 10.8. The number of aromatic nitrogens is 4. The van der Waals surface area contributed by atoms with Gasteiger partial charge in [-0.25, -0.2) is 4.98 Å². The standard InChI is InChI=1S/C23H23F3N6O2/c24-23(25,26)22(33)32-11-9-31(10-12-32)14-21-28-19-6-5-17(13-20(19)29-21)34-16-3-1-15(2-4-16)18-7-8-27-30-18/h1-8,13,22,33H,9-12,14H2,(H,27,30)(H,28,29). The van der Waals surface area contributed by atoms with Crippen LogP contribution in [0.5, 0.6) is 11.5 Å². The number of aliphatic hydroxyl groups is 1. The van der Waals surface area contributed by atoms with Gasteiger partial charge in [0.05, 0.1) is 23.3 Å². The first-order valence-electron chi connectivity index (χ1n) is 10.8. The average molecular weight is 472 g/mol. The molecule has 0 aliphatic carbocycles. The van der Waals surface area contributed by atoms with Gasteiger partial charge in [0, 0.05) is 38.4 Å². The van der Waals surface area contributed by atoms with Crippen LogP contribution in [-0.4, -0.2) is 73.7 Å². The predicted molar refractivity (Wildman–Crippen MR) is 119 cm³/mol. The van der Waals surface area contributed by atoms with Crippen molar-refractivity contribution in [3.63, 3.8) is 0 Å². The summed E-state index contributed by atoms with van der Waals surface area (Å²) < 4.78 is 44.1. The van der Waals surface area contributed by atoms with Gasteiger partial charge in [-0.1, -0.05) is 0 Å². The van der Waals surface area contributed by atoms with Crippen molar-refractivity contribution in [2.75, 3.05) is 26.2 Å². The van der Waals surface area contributed by atoms with E-state index in [9.17, 15) is 18.3 Å². The van der Waals surface area contributed by atoms with E-state index in [2.05, 4.69) is 20.2 Å². The molecule has 4 aromatic rings. The summed E-state index contributed by atoms with van der Waals surface area (Å²) >= 11 is 0. The molecule has 5 rings (SSSR count). The molecule has 2 aromatic heterocycles. The van der Waals surface area contributed by atoms with Gasteiger partial charge in [-0.05, 0) is 48.0 Å². The topological polar surface area (TPSA) is 93.3 Å². The summed E-state index contributed by atoms with van der Waals surface area (Å²) in [5.74, 6) is 2.08. The van der Waals surface area contributed by atoms with Gasteiger partial charge < -0.3 is 14.8 Å². The summed E-state index contributed by atoms with van der Waals surface area (Å²) in [6, 6.07) is 15.1. The van der Waals surface area contributed by atoms with Crippen molar-refractivity contribution in [1.82, 2.24) is 30.0 Å². The quantitative estimate of drug-likeness (QED) is 0.396. The molecule has 0 amide bonds. The van der Waals surface area contributed by atoms with E-state index in [1.54, 1.807) is 6.20 Å². The second kappa shape index (κ2) is 9.09. The zero-order chi connectivity index (χ0) is 23.7. The van der Waals surface area contributed by atoms with Crippen molar-refractivity contribution in [3.8, 4) is 22.8 Å². The lowest BCUT2D eigenvalue weighted by atomic mass is 10.1. The first kappa shape index (κ1) is 22.4. The van der Waals surface area contributed by atoms with Gasteiger partial charge >= 0.3 is 6.18 Å². The third-order valence-corrected chi connectivity index (χ3v) is 5.82. The molecule has 0 saturated carbocycles. The van der Waals surface area contributed by atoms with Crippen LogP contribution in [0.15, 0.2) is 54.7 Å². The lowest BCUT2D eigenvalue weighted by Crippen LogP contribution is -2.54. The maximum atomic E-state index is 12.7. The Labute approximate surface area is 193 Å². The number of hydrogen-bond donors (Lipinski definition) is 3. The van der Waals surface area contributed by atoms with Crippen molar-refractivity contribution in [2.45, 2.75) is 18.9 Å². The summed E-state index contributed by atoms with van der Waals surface area (Å²) in [5, 5.41) is 16.3. The van der Waals surface area contributed by atoms with Crippen LogP contribution < -0.4 is 4.74 Å². The van der Waals surface area contributed by atoms with Crippen LogP contribution in [0.3, 0.4) is 0 Å². The van der Waals surface area contributed by atoms with Gasteiger partial charge in [0.1, 0.15) is 17.3 Å². The number of H-pyrrole nitrogens is 2. The fourth-order valence-corrected chi connectivity index (χ4v) is 4.02. The molecule has 1 aliphatic rings. The van der Waals surface area contributed by atoms with Gasteiger partial charge in [0.25, 0.3) is 0 Å². The SMILES string of the molecule is OC(N1CCN(Cc2nc3ccc(Oc4ccc(-c5ccn[nH]5)cc4)cc3[nH]2)CC1)C(F)(F)F. The number of fused-ring (bicyclic) bond motifs is 1. The summed E-state index contributed by atoms with van der Waals surface area (Å²) in [6.45, 7) is 1.58. The van der Waals surface area contributed by atoms with Crippen molar-refractivity contribution in [3.05, 3.63) is 60.6 Å². The minimum absolute atomic E-state index is 0.137. The Morgan fingerprint density at radius 1 is 1.00 bits per heavy atom. The van der Waals surface area contributed by atoms with Crippen LogP contribution in [0.4, 0.5) is 13.2 Å². The van der Waals surface area contributed by atoms with Gasteiger partial charge in [-0.15, -0.1) is 0 Å². The Bertz CT molecular complexity index is 1230. The van der Waals surface area contributed by atoms with Gasteiger partial charge in [0.2, 0.25) is 6.23 Å². The molecular weight excluding hydrogens is 449 g/mol. The number of rotatable bonds is 6. The fourth-order valence-electron chi connectivity index (χ4n) is 4.02. The van der Waals surface area contributed by atoms with Crippen molar-refractivity contribution in [2.24, 2.45) is 0 Å². The third-order valence-electron chi connectivity index (χ3n) is 5.82. The number of alkyl halides is 3. The van der Waals surface area contributed by atoms with Crippen molar-refractivity contribution in [1.29, 1.82) is 0 Å². The molecule has 1 fully saturated rings. The predicted octanol–water partition coefficient (Wildman–Crippen LogP) is 3.74. The largest absolute Gasteiger partial charge is 0.457 e. The van der Waals surface area contributed by atoms with Gasteiger partial charge in [-0.3, -0.25) is 14.9 Å². The number of nitrogens with zero attached hydrogens (tertiary/aromatic N) is 4. The molecule has 1 unspecified atom stereocenters. The first-order chi connectivity index (χ1) is 16.3. The van der Waals surface area contributed by atoms with Crippen LogP contribution in [-0.2, 0) is 6.54 Å². The number of ether oxygens (including phenoxy) is 1. The zero-order valence-corrected chi connectivity index (χ0v) is 18.1. The summed E-state index contributed by atoms with van der Waals surface area (Å²) in [6.07, 6.45) is -5.35. The highest BCUT2D eigenvalue weighted by atomic mass is 19.4. The number of hydrogen-bond acceptors (Lipinski definition) is 6. The molecule has 0 radical (unpaired) electrons. The van der Waals surface area contributed by atoms with E-state index in [-0.39, 0.29) is 13.1 Å². The normalized spacial score (nSPS) is 16.7. The van der Waals surface area contributed by atoms with E-state index in [1.807, 2.05) is 53.4 Å². The zero-order valence-electron chi connectivity index (χ0n) is 18.1. The van der Waals surface area contributed by atoms with Crippen molar-refractivity contribution >= 4 is 11.0 Å². The molecule has 3 heterocycles. The lowest BCUT2D eigenvalue weighted by molar-refractivity contribution is -0.253. The number of nitrogens with one attached hydrogen (secondary N) is 2. The number of aliphatic hydroxyl groups excluding tert-OH is 1. The molecule has 0 spiro atoms. The Morgan fingerprint density at radius 3 is 2.41 bits per heavy atom. The maximum absolute atomic E-state index is 12.7. The molecule has 34 heavy (non-hydrogen) atoms. The lowest BCUT2D eigenvalue weighted by Gasteiger charge is -2.37. The van der Waals surface area contributed by atoms with E-state index in [4.69, 9.17) is 4.74 Å². The molecular formula is C23H23F3N6O2. The Kier molecular flexibility index (Phi) is 5.98. The summed E-state index contributed by atoms with van der Waals surface area (Å²) in [5.41, 5.74) is 3.53. The van der Waals surface area contributed by atoms with E-state index >= 15 is 0 Å². The van der Waals surface area contributed by atoms with Gasteiger partial charge in [-0.2, -0.15) is 18.3 Å². The average Bonchev–Trinajstić information content (AvgIpc) is 3.49.